The Kier molecular flexibility index (Phi) is 5.79. The van der Waals surface area contributed by atoms with Gasteiger partial charge in [-0.3, -0.25) is 4.79 Å². The third-order valence-electron chi connectivity index (χ3n) is 2.85. The zero-order valence-electron chi connectivity index (χ0n) is 11.5. The zero-order valence-corrected chi connectivity index (χ0v) is 11.5. The summed E-state index contributed by atoms with van der Waals surface area (Å²) in [4.78, 5) is 17.1. The van der Waals surface area contributed by atoms with Crippen molar-refractivity contribution in [1.29, 1.82) is 0 Å². The van der Waals surface area contributed by atoms with E-state index >= 15 is 0 Å². The summed E-state index contributed by atoms with van der Waals surface area (Å²) in [5.74, 6) is 0.333. The van der Waals surface area contributed by atoms with Gasteiger partial charge in [0.25, 0.3) is 0 Å². The number of pyridine rings is 1. The van der Waals surface area contributed by atoms with Crippen molar-refractivity contribution in [3.63, 3.8) is 0 Å². The van der Waals surface area contributed by atoms with Crippen molar-refractivity contribution in [3.8, 4) is 0 Å². The highest BCUT2D eigenvalue weighted by atomic mass is 19.4. The second-order valence-electron chi connectivity index (χ2n) is 4.17. The standard InChI is InChI=1S/C13H18F3N3O/c1-3-19(4-2)12(20)7-8-17-11-6-5-10(9-18-11)13(14,15)16/h5-6,9H,3-4,7-8H2,1-2H3,(H,17,18). The first-order valence-corrected chi connectivity index (χ1v) is 6.43. The molecule has 0 saturated heterocycles. The van der Waals surface area contributed by atoms with Gasteiger partial charge in [-0.2, -0.15) is 13.2 Å². The van der Waals surface area contributed by atoms with Gasteiger partial charge in [0, 0.05) is 32.3 Å². The first kappa shape index (κ1) is 16.3. The summed E-state index contributed by atoms with van der Waals surface area (Å²) in [5, 5.41) is 2.83. The smallest absolute Gasteiger partial charge is 0.370 e. The van der Waals surface area contributed by atoms with Crippen LogP contribution in [0.2, 0.25) is 0 Å². The zero-order chi connectivity index (χ0) is 15.2. The molecule has 0 spiro atoms. The summed E-state index contributed by atoms with van der Waals surface area (Å²) < 4.78 is 37.0. The first-order chi connectivity index (χ1) is 9.38. The largest absolute Gasteiger partial charge is 0.417 e. The van der Waals surface area contributed by atoms with E-state index in [1.807, 2.05) is 13.8 Å². The Hall–Kier alpha value is -1.79. The number of carbonyl (C=O) groups is 1. The first-order valence-electron chi connectivity index (χ1n) is 6.43. The maximum absolute atomic E-state index is 12.3. The molecule has 1 amide bonds. The number of carbonyl (C=O) groups excluding carboxylic acids is 1. The highest BCUT2D eigenvalue weighted by molar-refractivity contribution is 5.76. The van der Waals surface area contributed by atoms with Gasteiger partial charge in [0.2, 0.25) is 5.91 Å². The Labute approximate surface area is 116 Å². The van der Waals surface area contributed by atoms with E-state index in [1.165, 1.54) is 6.07 Å². The molecule has 0 aliphatic rings. The molecule has 0 aliphatic heterocycles. The van der Waals surface area contributed by atoms with Gasteiger partial charge >= 0.3 is 6.18 Å². The molecule has 1 aromatic heterocycles. The van der Waals surface area contributed by atoms with E-state index in [0.29, 0.717) is 25.5 Å². The monoisotopic (exact) mass is 289 g/mol. The minimum absolute atomic E-state index is 0.00871. The van der Waals surface area contributed by atoms with E-state index in [1.54, 1.807) is 4.90 Å². The predicted octanol–water partition coefficient (Wildman–Crippen LogP) is 2.77. The number of hydrogen-bond acceptors (Lipinski definition) is 3. The van der Waals surface area contributed by atoms with Crippen molar-refractivity contribution in [3.05, 3.63) is 23.9 Å². The molecule has 1 N–H and O–H groups in total. The summed E-state index contributed by atoms with van der Waals surface area (Å²) >= 11 is 0. The lowest BCUT2D eigenvalue weighted by Gasteiger charge is -2.18. The Morgan fingerprint density at radius 3 is 2.40 bits per heavy atom. The SMILES string of the molecule is CCN(CC)C(=O)CCNc1ccc(C(F)(F)F)cn1. The lowest BCUT2D eigenvalue weighted by Crippen LogP contribution is -2.31. The van der Waals surface area contributed by atoms with Gasteiger partial charge in [0.05, 0.1) is 5.56 Å². The van der Waals surface area contributed by atoms with Gasteiger partial charge in [-0.25, -0.2) is 4.98 Å². The van der Waals surface area contributed by atoms with Crippen LogP contribution in [0.25, 0.3) is 0 Å². The van der Waals surface area contributed by atoms with Gasteiger partial charge < -0.3 is 10.2 Å². The molecule has 0 saturated carbocycles. The highest BCUT2D eigenvalue weighted by Crippen LogP contribution is 2.28. The van der Waals surface area contributed by atoms with Crippen LogP contribution in [0.5, 0.6) is 0 Å². The molecule has 1 rings (SSSR count). The number of rotatable bonds is 6. The summed E-state index contributed by atoms with van der Waals surface area (Å²) in [6, 6.07) is 2.21. The minimum atomic E-state index is -4.38. The van der Waals surface area contributed by atoms with Crippen LogP contribution >= 0.6 is 0 Å². The van der Waals surface area contributed by atoms with Crippen LogP contribution in [0.4, 0.5) is 19.0 Å². The van der Waals surface area contributed by atoms with Crippen molar-refractivity contribution in [2.45, 2.75) is 26.4 Å². The summed E-state index contributed by atoms with van der Waals surface area (Å²) in [5.41, 5.74) is -0.790. The molecule has 0 unspecified atom stereocenters. The van der Waals surface area contributed by atoms with E-state index in [9.17, 15) is 18.0 Å². The summed E-state index contributed by atoms with van der Waals surface area (Å²) in [6.07, 6.45) is -3.33. The van der Waals surface area contributed by atoms with Crippen molar-refractivity contribution in [2.24, 2.45) is 0 Å². The van der Waals surface area contributed by atoms with Crippen molar-refractivity contribution in [1.82, 2.24) is 9.88 Å². The molecule has 4 nitrogen and oxygen atoms in total. The van der Waals surface area contributed by atoms with Crippen LogP contribution in [0.3, 0.4) is 0 Å². The average molecular weight is 289 g/mol. The van der Waals surface area contributed by atoms with E-state index in [-0.39, 0.29) is 12.3 Å². The number of nitrogens with zero attached hydrogens (tertiary/aromatic N) is 2. The quantitative estimate of drug-likeness (QED) is 0.876. The van der Waals surface area contributed by atoms with Crippen LogP contribution in [-0.2, 0) is 11.0 Å². The molecule has 7 heteroatoms. The van der Waals surface area contributed by atoms with Crippen LogP contribution in [0, 0.1) is 0 Å². The van der Waals surface area contributed by atoms with E-state index < -0.39 is 11.7 Å². The molecular weight excluding hydrogens is 271 g/mol. The van der Waals surface area contributed by atoms with Crippen molar-refractivity contribution in [2.75, 3.05) is 25.0 Å². The lowest BCUT2D eigenvalue weighted by molar-refractivity contribution is -0.137. The summed E-state index contributed by atoms with van der Waals surface area (Å²) in [6.45, 7) is 5.42. The minimum Gasteiger partial charge on any atom is -0.370 e. The fourth-order valence-electron chi connectivity index (χ4n) is 1.70. The van der Waals surface area contributed by atoms with Crippen LogP contribution in [0.1, 0.15) is 25.8 Å². The number of hydrogen-bond donors (Lipinski definition) is 1. The number of nitrogens with one attached hydrogen (secondary N) is 1. The number of anilines is 1. The van der Waals surface area contributed by atoms with E-state index in [2.05, 4.69) is 10.3 Å². The van der Waals surface area contributed by atoms with Crippen molar-refractivity contribution >= 4 is 11.7 Å². The molecule has 0 atom stereocenters. The Morgan fingerprint density at radius 1 is 1.30 bits per heavy atom. The molecule has 20 heavy (non-hydrogen) atoms. The van der Waals surface area contributed by atoms with Crippen molar-refractivity contribution < 1.29 is 18.0 Å². The average Bonchev–Trinajstić information content (AvgIpc) is 2.39. The molecule has 112 valence electrons. The fourth-order valence-corrected chi connectivity index (χ4v) is 1.70. The van der Waals surface area contributed by atoms with Gasteiger partial charge in [0.1, 0.15) is 5.82 Å². The number of alkyl halides is 3. The number of aromatic nitrogens is 1. The third-order valence-corrected chi connectivity index (χ3v) is 2.85. The third kappa shape index (κ3) is 4.71. The lowest BCUT2D eigenvalue weighted by atomic mass is 10.3. The number of amides is 1. The van der Waals surface area contributed by atoms with E-state index in [0.717, 1.165) is 12.3 Å². The highest BCUT2D eigenvalue weighted by Gasteiger charge is 2.30. The van der Waals surface area contributed by atoms with Gasteiger partial charge in [-0.05, 0) is 26.0 Å². The molecule has 0 bridgehead atoms. The Bertz CT molecular complexity index is 427. The van der Waals surface area contributed by atoms with Crippen LogP contribution in [0.15, 0.2) is 18.3 Å². The predicted molar refractivity (Wildman–Crippen MR) is 70.3 cm³/mol. The fraction of sp³-hybridized carbons (Fsp3) is 0.538. The number of halogens is 3. The maximum Gasteiger partial charge on any atom is 0.417 e. The molecule has 0 radical (unpaired) electrons. The Morgan fingerprint density at radius 2 is 1.95 bits per heavy atom. The normalized spacial score (nSPS) is 11.2. The van der Waals surface area contributed by atoms with E-state index in [4.69, 9.17) is 0 Å². The van der Waals surface area contributed by atoms with Crippen LogP contribution in [-0.4, -0.2) is 35.4 Å². The maximum atomic E-state index is 12.3. The summed E-state index contributed by atoms with van der Waals surface area (Å²) in [7, 11) is 0. The molecule has 0 aromatic carbocycles. The molecule has 0 aliphatic carbocycles. The second-order valence-corrected chi connectivity index (χ2v) is 4.17. The van der Waals surface area contributed by atoms with Crippen LogP contribution < -0.4 is 5.32 Å². The van der Waals surface area contributed by atoms with Gasteiger partial charge in [0.15, 0.2) is 0 Å². The molecular formula is C13H18F3N3O. The van der Waals surface area contributed by atoms with Gasteiger partial charge in [-0.1, -0.05) is 0 Å². The molecule has 1 aromatic rings. The Balaban J connectivity index is 2.45. The second kappa shape index (κ2) is 7.12. The molecule has 1 heterocycles. The van der Waals surface area contributed by atoms with Gasteiger partial charge in [-0.15, -0.1) is 0 Å². The molecule has 0 fully saturated rings. The topological polar surface area (TPSA) is 45.2 Å².